The predicted octanol–water partition coefficient (Wildman–Crippen LogP) is 1.75. The van der Waals surface area contributed by atoms with Gasteiger partial charge in [-0.15, -0.1) is 11.3 Å². The van der Waals surface area contributed by atoms with Crippen LogP contribution < -0.4 is 9.62 Å². The summed E-state index contributed by atoms with van der Waals surface area (Å²) in [6.07, 6.45) is 1.77. The van der Waals surface area contributed by atoms with Gasteiger partial charge in [-0.25, -0.2) is 18.1 Å². The Kier molecular flexibility index (Phi) is 4.67. The van der Waals surface area contributed by atoms with E-state index in [1.54, 1.807) is 0 Å². The molecule has 0 aromatic carbocycles. The van der Waals surface area contributed by atoms with Crippen LogP contribution in [-0.4, -0.2) is 42.3 Å². The fourth-order valence-electron chi connectivity index (χ4n) is 3.00. The summed E-state index contributed by atoms with van der Waals surface area (Å²) in [5.41, 5.74) is 1.74. The van der Waals surface area contributed by atoms with Gasteiger partial charge in [-0.05, 0) is 33.6 Å². The summed E-state index contributed by atoms with van der Waals surface area (Å²) >= 11 is 1.22. The van der Waals surface area contributed by atoms with Crippen molar-refractivity contribution in [3.05, 3.63) is 22.3 Å². The molecule has 2 aromatic rings. The van der Waals surface area contributed by atoms with Gasteiger partial charge in [0.25, 0.3) is 10.0 Å². The van der Waals surface area contributed by atoms with Crippen LogP contribution in [0.2, 0.25) is 0 Å². The van der Waals surface area contributed by atoms with E-state index in [1.165, 1.54) is 11.3 Å². The topological polar surface area (TPSA) is 80.1 Å². The Hall–Kier alpha value is -1.45. The molecule has 1 aliphatic heterocycles. The number of aryl methyl sites for hydroxylation is 4. The molecular formula is C15H23N5O2S2. The molecule has 1 unspecified atom stereocenters. The van der Waals surface area contributed by atoms with E-state index in [4.69, 9.17) is 0 Å². The fourth-order valence-corrected chi connectivity index (χ4v) is 5.59. The Labute approximate surface area is 146 Å². The van der Waals surface area contributed by atoms with Gasteiger partial charge in [0.15, 0.2) is 0 Å². The van der Waals surface area contributed by atoms with E-state index in [-0.39, 0.29) is 10.4 Å². The van der Waals surface area contributed by atoms with Gasteiger partial charge in [0, 0.05) is 37.1 Å². The van der Waals surface area contributed by atoms with Crippen molar-refractivity contribution in [2.75, 3.05) is 18.0 Å². The zero-order valence-corrected chi connectivity index (χ0v) is 16.0. The smallest absolute Gasteiger partial charge is 0.268 e. The first kappa shape index (κ1) is 17.4. The van der Waals surface area contributed by atoms with Gasteiger partial charge in [0.1, 0.15) is 5.82 Å². The van der Waals surface area contributed by atoms with Gasteiger partial charge >= 0.3 is 0 Å². The first-order valence-corrected chi connectivity index (χ1v) is 10.3. The fraction of sp³-hybridized carbons (Fsp3) is 0.600. The van der Waals surface area contributed by atoms with Crippen LogP contribution in [0.4, 0.5) is 5.82 Å². The number of hydrogen-bond acceptors (Lipinski definition) is 6. The van der Waals surface area contributed by atoms with Crippen LogP contribution in [0.5, 0.6) is 0 Å². The summed E-state index contributed by atoms with van der Waals surface area (Å²) < 4.78 is 30.0. The summed E-state index contributed by atoms with van der Waals surface area (Å²) in [6, 6.07) is 1.91. The molecule has 0 spiro atoms. The second-order valence-electron chi connectivity index (χ2n) is 6.30. The first-order chi connectivity index (χ1) is 11.3. The minimum absolute atomic E-state index is 0.122. The normalized spacial score (nSPS) is 19.0. The molecule has 24 heavy (non-hydrogen) atoms. The lowest BCUT2D eigenvalue weighted by molar-refractivity contribution is 0.460. The van der Waals surface area contributed by atoms with Crippen molar-refractivity contribution in [3.63, 3.8) is 0 Å². The highest BCUT2D eigenvalue weighted by atomic mass is 32.2. The van der Waals surface area contributed by atoms with Crippen molar-refractivity contribution in [2.24, 2.45) is 7.05 Å². The van der Waals surface area contributed by atoms with E-state index in [2.05, 4.69) is 19.7 Å². The van der Waals surface area contributed by atoms with E-state index >= 15 is 0 Å². The Bertz CT molecular complexity index is 821. The zero-order chi connectivity index (χ0) is 17.5. The van der Waals surface area contributed by atoms with E-state index < -0.39 is 10.0 Å². The minimum Gasteiger partial charge on any atom is -0.355 e. The van der Waals surface area contributed by atoms with Crippen molar-refractivity contribution in [1.82, 2.24) is 19.5 Å². The van der Waals surface area contributed by atoms with Crippen LogP contribution in [0.1, 0.15) is 29.1 Å². The molecule has 2 aromatic heterocycles. The number of nitrogens with zero attached hydrogens (tertiary/aromatic N) is 4. The van der Waals surface area contributed by atoms with Crippen LogP contribution in [0, 0.1) is 20.8 Å². The van der Waals surface area contributed by atoms with Crippen molar-refractivity contribution >= 4 is 27.2 Å². The maximum absolute atomic E-state index is 12.6. The summed E-state index contributed by atoms with van der Waals surface area (Å²) in [7, 11) is -1.65. The Morgan fingerprint density at radius 3 is 2.67 bits per heavy atom. The van der Waals surface area contributed by atoms with Crippen molar-refractivity contribution in [1.29, 1.82) is 0 Å². The molecule has 1 atom stereocenters. The van der Waals surface area contributed by atoms with Crippen molar-refractivity contribution in [2.45, 2.75) is 44.0 Å². The van der Waals surface area contributed by atoms with E-state index in [0.717, 1.165) is 41.5 Å². The molecule has 0 aliphatic carbocycles. The lowest BCUT2D eigenvalue weighted by Gasteiger charge is -2.34. The van der Waals surface area contributed by atoms with Crippen LogP contribution in [0.25, 0.3) is 0 Å². The number of aromatic nitrogens is 3. The average molecular weight is 370 g/mol. The van der Waals surface area contributed by atoms with Crippen LogP contribution in [0.15, 0.2) is 10.4 Å². The molecule has 0 amide bonds. The standard InChI is InChI=1S/C15H23N5O2S2/c1-10-8-14(19(4)17-10)20-7-5-6-13(9-20)18-24(21,22)15-16-11(2)12(3)23-15/h8,13,18H,5-7,9H2,1-4H3. The summed E-state index contributed by atoms with van der Waals surface area (Å²) in [5.74, 6) is 1.03. The summed E-state index contributed by atoms with van der Waals surface area (Å²) in [5, 5.41) is 4.37. The largest absolute Gasteiger partial charge is 0.355 e. The van der Waals surface area contributed by atoms with E-state index in [9.17, 15) is 8.42 Å². The lowest BCUT2D eigenvalue weighted by Crippen LogP contribution is -2.48. The Morgan fingerprint density at radius 2 is 2.08 bits per heavy atom. The number of anilines is 1. The zero-order valence-electron chi connectivity index (χ0n) is 14.4. The number of nitrogens with one attached hydrogen (secondary N) is 1. The highest BCUT2D eigenvalue weighted by Gasteiger charge is 2.28. The quantitative estimate of drug-likeness (QED) is 0.888. The molecule has 1 N–H and O–H groups in total. The number of rotatable bonds is 4. The highest BCUT2D eigenvalue weighted by molar-refractivity contribution is 7.91. The monoisotopic (exact) mass is 369 g/mol. The first-order valence-electron chi connectivity index (χ1n) is 7.98. The van der Waals surface area contributed by atoms with Gasteiger partial charge in [0.05, 0.1) is 11.4 Å². The van der Waals surface area contributed by atoms with E-state index in [0.29, 0.717) is 6.54 Å². The maximum Gasteiger partial charge on any atom is 0.268 e. The van der Waals surface area contributed by atoms with Gasteiger partial charge in [-0.3, -0.25) is 4.68 Å². The molecule has 1 aliphatic rings. The summed E-state index contributed by atoms with van der Waals surface area (Å²) in [4.78, 5) is 7.31. The van der Waals surface area contributed by atoms with Crippen LogP contribution in [-0.2, 0) is 17.1 Å². The number of thiazole rings is 1. The molecule has 7 nitrogen and oxygen atoms in total. The highest BCUT2D eigenvalue weighted by Crippen LogP contribution is 2.24. The average Bonchev–Trinajstić information content (AvgIpc) is 3.02. The third kappa shape index (κ3) is 3.47. The molecule has 0 saturated carbocycles. The van der Waals surface area contributed by atoms with E-state index in [1.807, 2.05) is 38.6 Å². The second-order valence-corrected chi connectivity index (χ2v) is 9.39. The predicted molar refractivity (Wildman–Crippen MR) is 95.1 cm³/mol. The molecule has 132 valence electrons. The van der Waals surface area contributed by atoms with Crippen molar-refractivity contribution in [3.8, 4) is 0 Å². The Morgan fingerprint density at radius 1 is 1.33 bits per heavy atom. The van der Waals surface area contributed by atoms with Gasteiger partial charge in [0.2, 0.25) is 4.34 Å². The Balaban J connectivity index is 1.74. The maximum atomic E-state index is 12.6. The van der Waals surface area contributed by atoms with Crippen LogP contribution >= 0.6 is 11.3 Å². The molecule has 1 fully saturated rings. The minimum atomic E-state index is -3.56. The third-order valence-electron chi connectivity index (χ3n) is 4.28. The van der Waals surface area contributed by atoms with Crippen molar-refractivity contribution < 1.29 is 8.42 Å². The third-order valence-corrected chi connectivity index (χ3v) is 7.25. The number of hydrogen-bond donors (Lipinski definition) is 1. The second kappa shape index (κ2) is 6.45. The number of piperidine rings is 1. The molecule has 3 heterocycles. The number of sulfonamides is 1. The molecular weight excluding hydrogens is 346 g/mol. The molecule has 9 heteroatoms. The SMILES string of the molecule is Cc1cc(N2CCCC(NS(=O)(=O)c3nc(C)c(C)s3)C2)n(C)n1. The van der Waals surface area contributed by atoms with Gasteiger partial charge < -0.3 is 4.90 Å². The molecule has 3 rings (SSSR count). The molecule has 0 radical (unpaired) electrons. The molecule has 1 saturated heterocycles. The van der Waals surface area contributed by atoms with Gasteiger partial charge in [-0.2, -0.15) is 5.10 Å². The molecule has 0 bridgehead atoms. The summed E-state index contributed by atoms with van der Waals surface area (Å²) in [6.45, 7) is 7.23. The van der Waals surface area contributed by atoms with Gasteiger partial charge in [-0.1, -0.05) is 0 Å². The lowest BCUT2D eigenvalue weighted by atomic mass is 10.1. The van der Waals surface area contributed by atoms with Crippen LogP contribution in [0.3, 0.4) is 0 Å².